The van der Waals surface area contributed by atoms with E-state index in [1.54, 1.807) is 0 Å². The van der Waals surface area contributed by atoms with Crippen molar-refractivity contribution in [1.29, 1.82) is 0 Å². The van der Waals surface area contributed by atoms with Gasteiger partial charge >= 0.3 is 35.8 Å². The zero-order valence-corrected chi connectivity index (χ0v) is 35.3. The number of hydrogen-bond donors (Lipinski definition) is 6. The van der Waals surface area contributed by atoms with Crippen LogP contribution < -0.4 is 0 Å². The van der Waals surface area contributed by atoms with Gasteiger partial charge in [0.05, 0.1) is 0 Å². The third-order valence-electron chi connectivity index (χ3n) is 7.23. The van der Waals surface area contributed by atoms with Crippen molar-refractivity contribution in [3.8, 4) is 0 Å². The third kappa shape index (κ3) is 23.8. The molecule has 0 amide bonds. The monoisotopic (exact) mass is 978 g/mol. The van der Waals surface area contributed by atoms with E-state index in [0.717, 1.165) is 38.5 Å². The van der Waals surface area contributed by atoms with Crippen molar-refractivity contribution < 1.29 is 170 Å². The van der Waals surface area contributed by atoms with Gasteiger partial charge in [-0.25, -0.2) is 28.8 Å². The summed E-state index contributed by atoms with van der Waals surface area (Å²) in [5.41, 5.74) is 0. The Morgan fingerprint density at radius 3 is 0.460 bits per heavy atom. The van der Waals surface area contributed by atoms with Gasteiger partial charge in [-0.3, -0.25) is 0 Å². The number of carboxylic acid groups (broad SMARTS) is 6. The number of carboxylic acids is 6. The Balaban J connectivity index is 0. The molecule has 18 nitrogen and oxygen atoms in total. The van der Waals surface area contributed by atoms with Crippen LogP contribution >= 0.6 is 0 Å². The first kappa shape index (κ1) is 51.4. The van der Waals surface area contributed by atoms with Crippen molar-refractivity contribution in [3.05, 3.63) is 0 Å². The van der Waals surface area contributed by atoms with E-state index in [9.17, 15) is 28.8 Å². The second-order valence-corrected chi connectivity index (χ2v) is 11.0. The molecule has 6 heterocycles. The van der Waals surface area contributed by atoms with E-state index in [4.69, 9.17) is 59.1 Å². The molecule has 6 fully saturated rings. The summed E-state index contributed by atoms with van der Waals surface area (Å²) < 4.78 is 28.9. The fourth-order valence-corrected chi connectivity index (χ4v) is 4.63. The average molecular weight is 979 g/mol. The molecule has 0 aromatic rings. The van der Waals surface area contributed by atoms with Crippen molar-refractivity contribution in [2.24, 2.45) is 0 Å². The van der Waals surface area contributed by atoms with E-state index in [0.29, 0.717) is 78.2 Å². The molecule has 6 aliphatic rings. The van der Waals surface area contributed by atoms with Crippen LogP contribution in [-0.4, -0.2) is 143 Å². The van der Waals surface area contributed by atoms with Crippen molar-refractivity contribution >= 4 is 35.8 Å². The maximum absolute atomic E-state index is 10.1. The number of hydrogen-bond acceptors (Lipinski definition) is 12. The molecule has 50 heavy (non-hydrogen) atoms. The van der Waals surface area contributed by atoms with E-state index >= 15 is 0 Å². The Hall–Kier alpha value is -0.693. The van der Waals surface area contributed by atoms with Crippen LogP contribution in [0.2, 0.25) is 0 Å². The maximum atomic E-state index is 10.1. The SMILES string of the molecule is O=C(O)C1CCCO1.O=C(O)C1CCCO1.O=C(O)C1CCCO1.O=C(O)C1CCCO1.O=C(O)C1CCCO1.O=C(O)C1CCCO1.[Pr].[Pr]. The van der Waals surface area contributed by atoms with Gasteiger partial charge in [0, 0.05) is 122 Å². The van der Waals surface area contributed by atoms with Gasteiger partial charge in [0.2, 0.25) is 0 Å². The Morgan fingerprint density at radius 2 is 0.420 bits per heavy atom. The second kappa shape index (κ2) is 30.7. The molecule has 0 aliphatic carbocycles. The van der Waals surface area contributed by atoms with E-state index in [1.807, 2.05) is 0 Å². The number of aliphatic carboxylic acids is 6. The summed E-state index contributed by atoms with van der Waals surface area (Å²) in [6, 6.07) is 0. The molecule has 6 unspecified atom stereocenters. The molecule has 20 heteroatoms. The average Bonchev–Trinajstić information content (AvgIpc) is 3.91. The van der Waals surface area contributed by atoms with Crippen molar-refractivity contribution in [2.45, 2.75) is 114 Å². The summed E-state index contributed by atoms with van der Waals surface area (Å²) in [5, 5.41) is 49.7. The molecule has 0 bridgehead atoms. The minimum atomic E-state index is -0.831. The van der Waals surface area contributed by atoms with Gasteiger partial charge in [-0.2, -0.15) is 0 Å². The smallest absolute Gasteiger partial charge is 0.332 e. The molecular formula is C30H48O18Pr2. The number of carbonyl (C=O) groups is 6. The molecule has 6 atom stereocenters. The zero-order chi connectivity index (χ0) is 35.9. The normalized spacial score (nSPS) is 27.1. The summed E-state index contributed by atoms with van der Waals surface area (Å²) in [6.07, 6.45) is 6.26. The van der Waals surface area contributed by atoms with Gasteiger partial charge < -0.3 is 59.1 Å². The van der Waals surface area contributed by atoms with Crippen LogP contribution in [0.25, 0.3) is 0 Å². The Labute approximate surface area is 356 Å². The predicted octanol–water partition coefficient (Wildman–Crippen LogP) is 1.50. The molecule has 0 spiro atoms. The quantitative estimate of drug-likeness (QED) is 0.220. The largest absolute Gasteiger partial charge is 0.479 e. The van der Waals surface area contributed by atoms with E-state index < -0.39 is 72.4 Å². The van der Waals surface area contributed by atoms with Crippen LogP contribution in [-0.2, 0) is 57.2 Å². The Morgan fingerprint density at radius 1 is 0.300 bits per heavy atom. The zero-order valence-electron chi connectivity index (χ0n) is 27.9. The maximum Gasteiger partial charge on any atom is 0.332 e. The third-order valence-corrected chi connectivity index (χ3v) is 7.23. The van der Waals surface area contributed by atoms with Gasteiger partial charge in [-0.15, -0.1) is 0 Å². The molecule has 2 radical (unpaired) electrons. The van der Waals surface area contributed by atoms with E-state index in [1.165, 1.54) is 0 Å². The van der Waals surface area contributed by atoms with Crippen LogP contribution in [0.3, 0.4) is 0 Å². The van der Waals surface area contributed by atoms with Crippen LogP contribution in [0.5, 0.6) is 0 Å². The molecular weight excluding hydrogens is 930 g/mol. The fraction of sp³-hybridized carbons (Fsp3) is 0.800. The Bertz CT molecular complexity index is 777. The molecule has 0 aromatic heterocycles. The summed E-state index contributed by atoms with van der Waals surface area (Å²) in [7, 11) is 0. The van der Waals surface area contributed by atoms with Crippen molar-refractivity contribution in [2.75, 3.05) is 39.6 Å². The van der Waals surface area contributed by atoms with Crippen LogP contribution in [0.4, 0.5) is 0 Å². The number of ether oxygens (including phenoxy) is 6. The molecule has 6 N–H and O–H groups in total. The minimum absolute atomic E-state index is 0. The standard InChI is InChI=1S/6C5H8O3.2Pr/c6*6-5(7)4-2-1-3-8-4;;/h6*4H,1-3H2,(H,6,7);;. The minimum Gasteiger partial charge on any atom is -0.479 e. The van der Waals surface area contributed by atoms with Gasteiger partial charge in [-0.1, -0.05) is 0 Å². The summed E-state index contributed by atoms with van der Waals surface area (Å²) in [4.78, 5) is 60.5. The topological polar surface area (TPSA) is 279 Å². The Kier molecular flexibility index (Phi) is 31.6. The van der Waals surface area contributed by atoms with Crippen LogP contribution in [0.1, 0.15) is 77.0 Å². The van der Waals surface area contributed by atoms with Gasteiger partial charge in [0.1, 0.15) is 0 Å². The van der Waals surface area contributed by atoms with Crippen molar-refractivity contribution in [1.82, 2.24) is 0 Å². The second-order valence-electron chi connectivity index (χ2n) is 11.0. The van der Waals surface area contributed by atoms with E-state index in [-0.39, 0.29) is 82.6 Å². The molecule has 6 saturated heterocycles. The van der Waals surface area contributed by atoms with Crippen LogP contribution in [0, 0.1) is 82.6 Å². The van der Waals surface area contributed by atoms with Crippen LogP contribution in [0.15, 0.2) is 0 Å². The van der Waals surface area contributed by atoms with Gasteiger partial charge in [-0.05, 0) is 77.0 Å². The summed E-state index contributed by atoms with van der Waals surface area (Å²) >= 11 is 0. The van der Waals surface area contributed by atoms with E-state index in [2.05, 4.69) is 0 Å². The number of rotatable bonds is 6. The predicted molar refractivity (Wildman–Crippen MR) is 160 cm³/mol. The first-order valence-corrected chi connectivity index (χ1v) is 15.9. The van der Waals surface area contributed by atoms with Crippen molar-refractivity contribution in [3.63, 3.8) is 0 Å². The summed E-state index contributed by atoms with van der Waals surface area (Å²) in [5.74, 6) is -4.99. The molecule has 282 valence electrons. The summed E-state index contributed by atoms with van der Waals surface area (Å²) in [6.45, 7) is 3.65. The molecule has 6 rings (SSSR count). The molecule has 6 aliphatic heterocycles. The fourth-order valence-electron chi connectivity index (χ4n) is 4.63. The van der Waals surface area contributed by atoms with Gasteiger partial charge in [0.25, 0.3) is 0 Å². The molecule has 0 saturated carbocycles. The first-order chi connectivity index (χ1) is 22.8. The van der Waals surface area contributed by atoms with Gasteiger partial charge in [0.15, 0.2) is 36.6 Å². The first-order valence-electron chi connectivity index (χ1n) is 15.9. The molecule has 0 aromatic carbocycles.